The van der Waals surface area contributed by atoms with Gasteiger partial charge in [0, 0.05) is 73.2 Å². The quantitative estimate of drug-likeness (QED) is 0.177. The summed E-state index contributed by atoms with van der Waals surface area (Å²) in [6, 6.07) is 69.1. The third kappa shape index (κ3) is 5.90. The lowest BCUT2D eigenvalue weighted by Crippen LogP contribution is -1.94. The van der Waals surface area contributed by atoms with Gasteiger partial charge in [-0.3, -0.25) is 0 Å². The van der Waals surface area contributed by atoms with Gasteiger partial charge in [-0.15, -0.1) is 0 Å². The minimum atomic E-state index is 0. The molecule has 0 saturated heterocycles. The number of rotatable bonds is 3. The van der Waals surface area contributed by atoms with Gasteiger partial charge in [0.05, 0.1) is 45.3 Å². The normalized spacial score (nSPS) is 11.5. The SMILES string of the molecule is N#Cc1ccc2oc3ccc(-n4c5ccccc5c5ccc(-c6ccc7c(c6)c6ccccc6n7-c6ccccc6)cc54)cc3c2c1.N#Cc1ccc2oc3ccc(Br)cc3c2c1.[HH].[HH].[HH].[HH].[HH].[HH].[HH].[HH].[HH].[HH]. The lowest BCUT2D eigenvalue weighted by atomic mass is 10.0. The van der Waals surface area contributed by atoms with Gasteiger partial charge in [-0.25, -0.2) is 0 Å². The molecule has 0 aliphatic heterocycles. The zero-order chi connectivity index (χ0) is 42.2. The third-order valence-electron chi connectivity index (χ3n) is 12.1. The van der Waals surface area contributed by atoms with E-state index in [9.17, 15) is 5.26 Å². The Labute approximate surface area is 383 Å². The Balaban J connectivity index is 0.000000609. The molecular formula is C56H51BrN4O2. The van der Waals surface area contributed by atoms with Crippen LogP contribution in [-0.4, -0.2) is 9.13 Å². The molecule has 0 aliphatic rings. The number of furan rings is 2. The van der Waals surface area contributed by atoms with Crippen LogP contribution in [0.25, 0.3) is 110 Å². The van der Waals surface area contributed by atoms with E-state index >= 15 is 0 Å². The molecule has 9 aromatic carbocycles. The molecule has 0 spiro atoms. The van der Waals surface area contributed by atoms with Crippen LogP contribution in [0, 0.1) is 22.7 Å². The van der Waals surface area contributed by atoms with E-state index in [1.54, 1.807) is 12.1 Å². The summed E-state index contributed by atoms with van der Waals surface area (Å²) in [7, 11) is 0. The summed E-state index contributed by atoms with van der Waals surface area (Å²) in [5.74, 6) is 0. The fraction of sp³-hybridized carbons (Fsp3) is 0. The summed E-state index contributed by atoms with van der Waals surface area (Å²) in [5, 5.41) is 27.3. The second-order valence-electron chi connectivity index (χ2n) is 15.7. The second-order valence-corrected chi connectivity index (χ2v) is 16.6. The monoisotopic (exact) mass is 890 g/mol. The summed E-state index contributed by atoms with van der Waals surface area (Å²) in [4.78, 5) is 0. The van der Waals surface area contributed by atoms with Gasteiger partial charge < -0.3 is 18.0 Å². The molecule has 13 aromatic rings. The molecule has 0 fully saturated rings. The Morgan fingerprint density at radius 1 is 0.365 bits per heavy atom. The van der Waals surface area contributed by atoms with Gasteiger partial charge in [0.15, 0.2) is 0 Å². The molecule has 0 saturated carbocycles. The van der Waals surface area contributed by atoms with Crippen LogP contribution in [0.5, 0.6) is 0 Å². The first-order chi connectivity index (χ1) is 31.0. The van der Waals surface area contributed by atoms with Crippen LogP contribution in [-0.2, 0) is 0 Å². The topological polar surface area (TPSA) is 83.7 Å². The van der Waals surface area contributed by atoms with E-state index in [1.807, 2.05) is 48.5 Å². The van der Waals surface area contributed by atoms with Crippen molar-refractivity contribution < 1.29 is 23.1 Å². The molecule has 314 valence electrons. The Morgan fingerprint density at radius 3 is 1.52 bits per heavy atom. The van der Waals surface area contributed by atoms with Gasteiger partial charge >= 0.3 is 0 Å². The molecular weight excluding hydrogens is 841 g/mol. The number of hydrogen-bond donors (Lipinski definition) is 0. The van der Waals surface area contributed by atoms with Crippen molar-refractivity contribution >= 4 is 103 Å². The van der Waals surface area contributed by atoms with Crippen molar-refractivity contribution in [3.8, 4) is 34.6 Å². The van der Waals surface area contributed by atoms with Gasteiger partial charge in [0.1, 0.15) is 22.3 Å². The Kier molecular flexibility index (Phi) is 8.33. The summed E-state index contributed by atoms with van der Waals surface area (Å²) in [6.07, 6.45) is 0. The highest BCUT2D eigenvalue weighted by Crippen LogP contribution is 2.40. The van der Waals surface area contributed by atoms with Crippen molar-refractivity contribution in [3.05, 3.63) is 204 Å². The van der Waals surface area contributed by atoms with Gasteiger partial charge in [-0.1, -0.05) is 88.7 Å². The van der Waals surface area contributed by atoms with E-state index in [4.69, 9.17) is 14.1 Å². The molecule has 0 unspecified atom stereocenters. The van der Waals surface area contributed by atoms with E-state index in [1.165, 1.54) is 38.1 Å². The van der Waals surface area contributed by atoms with E-state index in [2.05, 4.69) is 165 Å². The van der Waals surface area contributed by atoms with Crippen LogP contribution in [0.3, 0.4) is 0 Å². The first-order valence-electron chi connectivity index (χ1n) is 20.5. The molecule has 6 nitrogen and oxygen atoms in total. The Morgan fingerprint density at radius 2 is 0.857 bits per heavy atom. The number of para-hydroxylation sites is 3. The van der Waals surface area contributed by atoms with Gasteiger partial charge in [-0.05, 0) is 126 Å². The molecule has 0 aliphatic carbocycles. The number of nitriles is 2. The number of fused-ring (bicyclic) bond motifs is 12. The largest absolute Gasteiger partial charge is 0.456 e. The van der Waals surface area contributed by atoms with Crippen molar-refractivity contribution in [3.63, 3.8) is 0 Å². The molecule has 7 heteroatoms. The second kappa shape index (κ2) is 14.4. The van der Waals surface area contributed by atoms with Crippen LogP contribution in [0.2, 0.25) is 0 Å². The van der Waals surface area contributed by atoms with Crippen LogP contribution >= 0.6 is 15.9 Å². The Bertz CT molecular complexity index is 4120. The molecule has 0 amide bonds. The maximum Gasteiger partial charge on any atom is 0.135 e. The molecule has 0 bridgehead atoms. The average molecular weight is 892 g/mol. The molecule has 0 N–H and O–H groups in total. The molecule has 13 rings (SSSR count). The Hall–Kier alpha value is -8.36. The lowest BCUT2D eigenvalue weighted by molar-refractivity contribution is 0.668. The first kappa shape index (κ1) is 36.5. The predicted molar refractivity (Wildman–Crippen MR) is 280 cm³/mol. The lowest BCUT2D eigenvalue weighted by Gasteiger charge is -2.10. The van der Waals surface area contributed by atoms with Crippen molar-refractivity contribution in [2.24, 2.45) is 0 Å². The molecule has 0 atom stereocenters. The minimum Gasteiger partial charge on any atom is -0.456 e. The van der Waals surface area contributed by atoms with E-state index < -0.39 is 0 Å². The molecule has 4 aromatic heterocycles. The fourth-order valence-electron chi connectivity index (χ4n) is 9.23. The highest BCUT2D eigenvalue weighted by Gasteiger charge is 2.18. The molecule has 0 radical (unpaired) electrons. The van der Waals surface area contributed by atoms with Crippen molar-refractivity contribution in [1.82, 2.24) is 9.13 Å². The maximum absolute atomic E-state index is 9.55. The van der Waals surface area contributed by atoms with E-state index in [0.29, 0.717) is 11.1 Å². The van der Waals surface area contributed by atoms with E-state index in [0.717, 1.165) is 76.3 Å². The zero-order valence-corrected chi connectivity index (χ0v) is 35.0. The summed E-state index contributed by atoms with van der Waals surface area (Å²) >= 11 is 3.43. The minimum absolute atomic E-state index is 0. The summed E-state index contributed by atoms with van der Waals surface area (Å²) in [6.45, 7) is 0. The number of aromatic nitrogens is 2. The van der Waals surface area contributed by atoms with Gasteiger partial charge in [0.25, 0.3) is 0 Å². The number of nitrogens with zero attached hydrogens (tertiary/aromatic N) is 4. The zero-order valence-electron chi connectivity index (χ0n) is 33.4. The smallest absolute Gasteiger partial charge is 0.135 e. The third-order valence-corrected chi connectivity index (χ3v) is 12.6. The van der Waals surface area contributed by atoms with Crippen molar-refractivity contribution in [2.75, 3.05) is 0 Å². The highest BCUT2D eigenvalue weighted by atomic mass is 79.9. The fourth-order valence-corrected chi connectivity index (χ4v) is 9.59. The van der Waals surface area contributed by atoms with Gasteiger partial charge in [-0.2, -0.15) is 10.5 Å². The number of halogens is 1. The first-order valence-corrected chi connectivity index (χ1v) is 21.3. The van der Waals surface area contributed by atoms with Crippen LogP contribution < -0.4 is 0 Å². The van der Waals surface area contributed by atoms with Gasteiger partial charge in [0.2, 0.25) is 0 Å². The summed E-state index contributed by atoms with van der Waals surface area (Å²) in [5.41, 5.74) is 13.7. The molecule has 4 heterocycles. The van der Waals surface area contributed by atoms with Crippen molar-refractivity contribution in [2.45, 2.75) is 0 Å². The van der Waals surface area contributed by atoms with Crippen LogP contribution in [0.15, 0.2) is 201 Å². The van der Waals surface area contributed by atoms with Crippen LogP contribution in [0.4, 0.5) is 0 Å². The van der Waals surface area contributed by atoms with E-state index in [-0.39, 0.29) is 14.3 Å². The number of benzene rings is 9. The van der Waals surface area contributed by atoms with Crippen LogP contribution in [0.1, 0.15) is 25.4 Å². The average Bonchev–Trinajstić information content (AvgIpc) is 4.08. The number of hydrogen-bond acceptors (Lipinski definition) is 4. The highest BCUT2D eigenvalue weighted by molar-refractivity contribution is 9.10. The predicted octanol–water partition coefficient (Wildman–Crippen LogP) is 18.0. The van der Waals surface area contributed by atoms with Crippen molar-refractivity contribution in [1.29, 1.82) is 10.5 Å². The maximum atomic E-state index is 9.55. The summed E-state index contributed by atoms with van der Waals surface area (Å²) < 4.78 is 17.5. The molecule has 63 heavy (non-hydrogen) atoms. The standard InChI is InChI=1S/C43H25N3O.C13H6BrNO.10H2/c44-26-27-14-20-42-36(22-27)37-25-31(17-21-43(37)47-42)46-38-12-6-4-10-32(38)34-18-15-29(24-41(34)46)28-16-19-40-35(23-28)33-11-5-7-13-39(33)45(40)30-8-2-1-3-9-30;14-9-2-4-13-11(6-9)10-5-8(7-15)1-3-12(10)16-13;;;;;;;;;;/h1-25H;1-6H;10*1H.